The summed E-state index contributed by atoms with van der Waals surface area (Å²) >= 11 is 0. The third-order valence-corrected chi connectivity index (χ3v) is 6.50. The van der Waals surface area contributed by atoms with Crippen molar-refractivity contribution in [3.63, 3.8) is 0 Å². The first-order valence-corrected chi connectivity index (χ1v) is 13.9. The Morgan fingerprint density at radius 1 is 0.690 bits per heavy atom. The monoisotopic (exact) mass is 434 g/mol. The Labute approximate surface area is 181 Å². The SMILES string of the molecule is CCCCCCCC(CCCCCC(C)C)(CCCCCC(C)C)OP(=O)(O)O. The van der Waals surface area contributed by atoms with Crippen LogP contribution in [-0.4, -0.2) is 15.4 Å². The van der Waals surface area contributed by atoms with Crippen LogP contribution in [0.4, 0.5) is 0 Å². The Morgan fingerprint density at radius 3 is 1.41 bits per heavy atom. The fraction of sp³-hybridized carbons (Fsp3) is 1.00. The van der Waals surface area contributed by atoms with Crippen molar-refractivity contribution >= 4 is 7.82 Å². The van der Waals surface area contributed by atoms with Crippen molar-refractivity contribution in [1.29, 1.82) is 0 Å². The van der Waals surface area contributed by atoms with Gasteiger partial charge in [0.25, 0.3) is 0 Å². The van der Waals surface area contributed by atoms with E-state index in [2.05, 4.69) is 34.6 Å². The Bertz CT molecular complexity index is 399. The van der Waals surface area contributed by atoms with Crippen LogP contribution in [0.2, 0.25) is 0 Å². The zero-order valence-electron chi connectivity index (χ0n) is 20.1. The molecule has 0 aromatic heterocycles. The molecule has 0 aliphatic rings. The van der Waals surface area contributed by atoms with Crippen LogP contribution in [0, 0.1) is 11.8 Å². The van der Waals surface area contributed by atoms with E-state index in [4.69, 9.17) is 4.52 Å². The van der Waals surface area contributed by atoms with E-state index in [1.165, 1.54) is 44.9 Å². The van der Waals surface area contributed by atoms with E-state index in [0.29, 0.717) is 11.8 Å². The van der Waals surface area contributed by atoms with E-state index < -0.39 is 13.4 Å². The lowest BCUT2D eigenvalue weighted by atomic mass is 9.85. The second-order valence-electron chi connectivity index (χ2n) is 9.92. The van der Waals surface area contributed by atoms with Crippen LogP contribution in [0.25, 0.3) is 0 Å². The maximum absolute atomic E-state index is 11.8. The second kappa shape index (κ2) is 16.8. The predicted octanol–water partition coefficient (Wildman–Crippen LogP) is 8.41. The summed E-state index contributed by atoms with van der Waals surface area (Å²) in [5.74, 6) is 1.43. The average Bonchev–Trinajstić information content (AvgIpc) is 2.59. The second-order valence-corrected chi connectivity index (χ2v) is 11.1. The number of rotatable bonds is 20. The summed E-state index contributed by atoms with van der Waals surface area (Å²) in [5.41, 5.74) is -0.652. The number of hydrogen-bond donors (Lipinski definition) is 2. The maximum atomic E-state index is 11.8. The smallest absolute Gasteiger partial charge is 0.303 e. The first kappa shape index (κ1) is 29.1. The molecule has 0 atom stereocenters. The minimum Gasteiger partial charge on any atom is -0.303 e. The molecule has 29 heavy (non-hydrogen) atoms. The molecule has 2 N–H and O–H groups in total. The van der Waals surface area contributed by atoms with Crippen LogP contribution < -0.4 is 0 Å². The van der Waals surface area contributed by atoms with Crippen molar-refractivity contribution in [3.8, 4) is 0 Å². The molecule has 0 unspecified atom stereocenters. The van der Waals surface area contributed by atoms with Crippen LogP contribution >= 0.6 is 7.82 Å². The van der Waals surface area contributed by atoms with Gasteiger partial charge in [-0.05, 0) is 31.1 Å². The number of hydrogen-bond acceptors (Lipinski definition) is 2. The van der Waals surface area contributed by atoms with Crippen molar-refractivity contribution in [3.05, 3.63) is 0 Å². The molecule has 0 aliphatic carbocycles. The normalized spacial score (nSPS) is 13.0. The molecule has 0 radical (unpaired) electrons. The molecule has 0 bridgehead atoms. The summed E-state index contributed by atoms with van der Waals surface area (Å²) in [5, 5.41) is 0. The van der Waals surface area contributed by atoms with E-state index in [1.807, 2.05) is 0 Å². The average molecular weight is 435 g/mol. The first-order chi connectivity index (χ1) is 13.6. The van der Waals surface area contributed by atoms with Gasteiger partial charge in [-0.3, -0.25) is 4.52 Å². The molecule has 0 spiro atoms. The number of unbranched alkanes of at least 4 members (excludes halogenated alkanes) is 8. The lowest BCUT2D eigenvalue weighted by Crippen LogP contribution is -2.32. The standard InChI is InChI=1S/C24H51O4P/c1-6-7-8-9-14-19-24(28-29(25,26)27,20-15-10-12-17-22(2)3)21-16-11-13-18-23(4)5/h22-23H,6-21H2,1-5H3,(H2,25,26,27). The summed E-state index contributed by atoms with van der Waals surface area (Å²) in [6.45, 7) is 11.2. The molecule has 0 aromatic carbocycles. The van der Waals surface area contributed by atoms with E-state index in [9.17, 15) is 14.4 Å². The molecule has 0 saturated heterocycles. The lowest BCUT2D eigenvalue weighted by Gasteiger charge is -2.34. The molecule has 5 heteroatoms. The maximum Gasteiger partial charge on any atom is 0.470 e. The Kier molecular flexibility index (Phi) is 16.8. The van der Waals surface area contributed by atoms with Crippen LogP contribution in [0.15, 0.2) is 0 Å². The zero-order valence-corrected chi connectivity index (χ0v) is 21.0. The topological polar surface area (TPSA) is 66.8 Å². The predicted molar refractivity (Wildman–Crippen MR) is 125 cm³/mol. The summed E-state index contributed by atoms with van der Waals surface area (Å²) in [7, 11) is -4.49. The summed E-state index contributed by atoms with van der Waals surface area (Å²) in [6.07, 6.45) is 17.1. The minimum absolute atomic E-state index is 0.652. The van der Waals surface area contributed by atoms with Crippen LogP contribution in [0.1, 0.15) is 137 Å². The van der Waals surface area contributed by atoms with E-state index in [1.54, 1.807) is 0 Å². The van der Waals surface area contributed by atoms with Gasteiger partial charge in [0, 0.05) is 0 Å². The van der Waals surface area contributed by atoms with Gasteiger partial charge >= 0.3 is 7.82 Å². The minimum atomic E-state index is -4.49. The van der Waals surface area contributed by atoms with Crippen molar-refractivity contribution in [2.75, 3.05) is 0 Å². The van der Waals surface area contributed by atoms with E-state index in [-0.39, 0.29) is 0 Å². The van der Waals surface area contributed by atoms with Gasteiger partial charge in [-0.2, -0.15) is 0 Å². The Hall–Kier alpha value is 0.110. The Morgan fingerprint density at radius 2 is 1.07 bits per heavy atom. The van der Waals surface area contributed by atoms with Gasteiger partial charge in [-0.1, -0.05) is 118 Å². The van der Waals surface area contributed by atoms with Gasteiger partial charge in [-0.15, -0.1) is 0 Å². The van der Waals surface area contributed by atoms with E-state index in [0.717, 1.165) is 57.8 Å². The fourth-order valence-corrected chi connectivity index (χ4v) is 4.95. The van der Waals surface area contributed by atoms with Gasteiger partial charge in [0.2, 0.25) is 0 Å². The highest BCUT2D eigenvalue weighted by molar-refractivity contribution is 7.46. The zero-order chi connectivity index (χ0) is 22.2. The molecule has 0 aromatic rings. The van der Waals surface area contributed by atoms with Gasteiger partial charge in [0.15, 0.2) is 0 Å². The Balaban J connectivity index is 4.86. The third kappa shape index (κ3) is 18.6. The molecule has 0 heterocycles. The third-order valence-electron chi connectivity index (χ3n) is 5.88. The highest BCUT2D eigenvalue weighted by Gasteiger charge is 2.36. The van der Waals surface area contributed by atoms with Crippen LogP contribution in [-0.2, 0) is 9.09 Å². The van der Waals surface area contributed by atoms with Gasteiger partial charge < -0.3 is 9.79 Å². The highest BCUT2D eigenvalue weighted by atomic mass is 31.2. The first-order valence-electron chi connectivity index (χ1n) is 12.4. The lowest BCUT2D eigenvalue weighted by molar-refractivity contribution is 0.00530. The molecule has 0 rings (SSSR count). The van der Waals surface area contributed by atoms with Gasteiger partial charge in [0.1, 0.15) is 0 Å². The molecular formula is C24H51O4P. The quantitative estimate of drug-likeness (QED) is 0.149. The fourth-order valence-electron chi connectivity index (χ4n) is 4.17. The largest absolute Gasteiger partial charge is 0.470 e. The van der Waals surface area contributed by atoms with Gasteiger partial charge in [-0.25, -0.2) is 4.57 Å². The van der Waals surface area contributed by atoms with Crippen molar-refractivity contribution in [1.82, 2.24) is 0 Å². The molecular weight excluding hydrogens is 383 g/mol. The molecule has 0 amide bonds. The van der Waals surface area contributed by atoms with Crippen molar-refractivity contribution in [2.24, 2.45) is 11.8 Å². The van der Waals surface area contributed by atoms with Gasteiger partial charge in [0.05, 0.1) is 5.60 Å². The van der Waals surface area contributed by atoms with Crippen molar-refractivity contribution in [2.45, 2.75) is 143 Å². The summed E-state index contributed by atoms with van der Waals surface area (Å²) < 4.78 is 17.4. The molecule has 176 valence electrons. The molecule has 0 fully saturated rings. The summed E-state index contributed by atoms with van der Waals surface area (Å²) in [4.78, 5) is 19.3. The van der Waals surface area contributed by atoms with Crippen LogP contribution in [0.3, 0.4) is 0 Å². The van der Waals surface area contributed by atoms with Crippen LogP contribution in [0.5, 0.6) is 0 Å². The van der Waals surface area contributed by atoms with Crippen molar-refractivity contribution < 1.29 is 18.9 Å². The van der Waals surface area contributed by atoms with E-state index >= 15 is 0 Å². The number of phosphoric ester groups is 1. The summed E-state index contributed by atoms with van der Waals surface area (Å²) in [6, 6.07) is 0. The molecule has 0 saturated carbocycles. The molecule has 0 aliphatic heterocycles. The molecule has 4 nitrogen and oxygen atoms in total. The highest BCUT2D eigenvalue weighted by Crippen LogP contribution is 2.47. The number of phosphoric acid groups is 1.